The van der Waals surface area contributed by atoms with Crippen molar-refractivity contribution in [2.45, 2.75) is 51.9 Å². The van der Waals surface area contributed by atoms with Crippen molar-refractivity contribution in [3.05, 3.63) is 65.2 Å². The van der Waals surface area contributed by atoms with Crippen molar-refractivity contribution in [3.63, 3.8) is 0 Å². The number of carbonyl (C=O) groups excluding carboxylic acids is 3. The lowest BCUT2D eigenvalue weighted by Gasteiger charge is -2.35. The van der Waals surface area contributed by atoms with Gasteiger partial charge in [-0.15, -0.1) is 0 Å². The van der Waals surface area contributed by atoms with Crippen LogP contribution in [0, 0.1) is 5.92 Å². The predicted octanol–water partition coefficient (Wildman–Crippen LogP) is 4.76. The fourth-order valence-electron chi connectivity index (χ4n) is 4.10. The second kappa shape index (κ2) is 14.4. The number of ether oxygens (including phenoxy) is 1. The number of hydrogen-bond donors (Lipinski definition) is 3. The lowest BCUT2D eigenvalue weighted by atomic mass is 10.1. The van der Waals surface area contributed by atoms with Crippen LogP contribution in [0.25, 0.3) is 0 Å². The first kappa shape index (κ1) is 33.4. The molecule has 234 valence electrons. The lowest BCUT2D eigenvalue weighted by Crippen LogP contribution is -2.48. The highest BCUT2D eigenvalue weighted by molar-refractivity contribution is 5.95. The van der Waals surface area contributed by atoms with Gasteiger partial charge in [0.25, 0.3) is 11.8 Å². The highest BCUT2D eigenvalue weighted by Crippen LogP contribution is 2.29. The molecule has 0 aromatic heterocycles. The summed E-state index contributed by atoms with van der Waals surface area (Å²) in [6.07, 6.45) is -3.29. The molecular weight excluding hydrogens is 569 g/mol. The van der Waals surface area contributed by atoms with E-state index < -0.39 is 18.2 Å². The number of halogens is 3. The molecule has 1 aliphatic heterocycles. The van der Waals surface area contributed by atoms with Crippen molar-refractivity contribution < 1.29 is 42.2 Å². The van der Waals surface area contributed by atoms with Gasteiger partial charge in [-0.3, -0.25) is 19.8 Å². The van der Waals surface area contributed by atoms with Gasteiger partial charge in [-0.1, -0.05) is 12.1 Å². The van der Waals surface area contributed by atoms with E-state index in [2.05, 4.69) is 15.5 Å². The minimum absolute atomic E-state index is 0.0154. The van der Waals surface area contributed by atoms with Crippen LogP contribution >= 0.6 is 0 Å². The SMILES string of the molecule is CC(C)(C)NC(=O)c1cccc(CN2CCN(C(=O)c3ccc(NC(=O)OCC4CC4)cc3)CC2)c1.O=C(O)C(F)(F)F. The third-order valence-electron chi connectivity index (χ3n) is 6.51. The number of aliphatic carboxylic acids is 1. The van der Waals surface area contributed by atoms with Crippen molar-refractivity contribution in [1.29, 1.82) is 0 Å². The van der Waals surface area contributed by atoms with Gasteiger partial charge in [0.15, 0.2) is 0 Å². The van der Waals surface area contributed by atoms with Gasteiger partial charge in [0.2, 0.25) is 0 Å². The van der Waals surface area contributed by atoms with Gasteiger partial charge in [-0.05, 0) is 81.5 Å². The first-order valence-corrected chi connectivity index (χ1v) is 13.9. The number of rotatable bonds is 7. The quantitative estimate of drug-likeness (QED) is 0.415. The average molecular weight is 607 g/mol. The number of carboxylic acids is 1. The topological polar surface area (TPSA) is 128 Å². The Morgan fingerprint density at radius 1 is 0.930 bits per heavy atom. The van der Waals surface area contributed by atoms with E-state index in [1.165, 1.54) is 0 Å². The van der Waals surface area contributed by atoms with E-state index >= 15 is 0 Å². The highest BCUT2D eigenvalue weighted by Gasteiger charge is 2.38. The average Bonchev–Trinajstić information content (AvgIpc) is 3.76. The molecule has 0 unspecified atom stereocenters. The fraction of sp³-hybridized carbons (Fsp3) is 0.467. The van der Waals surface area contributed by atoms with E-state index in [4.69, 9.17) is 14.6 Å². The molecule has 3 amide bonds. The summed E-state index contributed by atoms with van der Waals surface area (Å²) in [5, 5.41) is 12.8. The Morgan fingerprint density at radius 3 is 2.07 bits per heavy atom. The molecule has 2 aromatic rings. The maximum atomic E-state index is 13.0. The van der Waals surface area contributed by atoms with E-state index in [0.29, 0.717) is 42.4 Å². The summed E-state index contributed by atoms with van der Waals surface area (Å²) >= 11 is 0. The zero-order chi connectivity index (χ0) is 31.8. The summed E-state index contributed by atoms with van der Waals surface area (Å²) in [6, 6.07) is 14.6. The zero-order valence-electron chi connectivity index (χ0n) is 24.4. The van der Waals surface area contributed by atoms with E-state index in [0.717, 1.165) is 38.0 Å². The smallest absolute Gasteiger partial charge is 0.475 e. The first-order valence-electron chi connectivity index (χ1n) is 13.9. The molecule has 1 heterocycles. The Labute approximate surface area is 248 Å². The van der Waals surface area contributed by atoms with Gasteiger partial charge < -0.3 is 20.1 Å². The molecule has 10 nitrogen and oxygen atoms in total. The number of nitrogens with zero attached hydrogens (tertiary/aromatic N) is 2. The van der Waals surface area contributed by atoms with Crippen LogP contribution in [-0.2, 0) is 16.1 Å². The highest BCUT2D eigenvalue weighted by atomic mass is 19.4. The minimum Gasteiger partial charge on any atom is -0.475 e. The third-order valence-corrected chi connectivity index (χ3v) is 6.51. The third kappa shape index (κ3) is 11.6. The Kier molecular flexibility index (Phi) is 11.1. The molecule has 43 heavy (non-hydrogen) atoms. The summed E-state index contributed by atoms with van der Waals surface area (Å²) in [4.78, 5) is 50.4. The van der Waals surface area contributed by atoms with E-state index in [1.54, 1.807) is 24.3 Å². The minimum atomic E-state index is -5.08. The molecule has 0 radical (unpaired) electrons. The number of anilines is 1. The molecular formula is C30H37F3N4O6. The van der Waals surface area contributed by atoms with Gasteiger partial charge in [0.05, 0.1) is 6.61 Å². The normalized spacial score (nSPS) is 15.5. The molecule has 13 heteroatoms. The Hall–Kier alpha value is -4.13. The Morgan fingerprint density at radius 2 is 1.53 bits per heavy atom. The summed E-state index contributed by atoms with van der Waals surface area (Å²) in [5.41, 5.74) is 2.66. The van der Waals surface area contributed by atoms with Gasteiger partial charge in [0.1, 0.15) is 0 Å². The second-order valence-electron chi connectivity index (χ2n) is 11.5. The molecule has 1 saturated carbocycles. The van der Waals surface area contributed by atoms with Crippen LogP contribution in [0.4, 0.5) is 23.7 Å². The van der Waals surface area contributed by atoms with Crippen LogP contribution in [0.1, 0.15) is 59.9 Å². The second-order valence-corrected chi connectivity index (χ2v) is 11.5. The van der Waals surface area contributed by atoms with Crippen LogP contribution in [0.5, 0.6) is 0 Å². The lowest BCUT2D eigenvalue weighted by molar-refractivity contribution is -0.192. The number of carbonyl (C=O) groups is 4. The molecule has 0 bridgehead atoms. The molecule has 0 spiro atoms. The molecule has 1 aliphatic carbocycles. The monoisotopic (exact) mass is 606 g/mol. The van der Waals surface area contributed by atoms with Crippen molar-refractivity contribution in [2.24, 2.45) is 5.92 Å². The summed E-state index contributed by atoms with van der Waals surface area (Å²) < 4.78 is 36.9. The maximum absolute atomic E-state index is 13.0. The summed E-state index contributed by atoms with van der Waals surface area (Å²) in [7, 11) is 0. The molecule has 0 atom stereocenters. The fourth-order valence-corrected chi connectivity index (χ4v) is 4.10. The largest absolute Gasteiger partial charge is 0.490 e. The van der Waals surface area contributed by atoms with Crippen molar-refractivity contribution in [2.75, 3.05) is 38.1 Å². The van der Waals surface area contributed by atoms with Gasteiger partial charge >= 0.3 is 18.2 Å². The molecule has 2 aliphatic rings. The molecule has 1 saturated heterocycles. The number of carboxylic acid groups (broad SMARTS) is 1. The Balaban J connectivity index is 0.000000646. The molecule has 4 rings (SSSR count). The number of amides is 3. The molecule has 2 fully saturated rings. The number of hydrogen-bond acceptors (Lipinski definition) is 6. The summed E-state index contributed by atoms with van der Waals surface area (Å²) in [5.74, 6) is -2.33. The number of alkyl halides is 3. The maximum Gasteiger partial charge on any atom is 0.490 e. The molecule has 2 aromatic carbocycles. The standard InChI is InChI=1S/C28H36N4O4.C2HF3O2/c1-28(2,3)30-25(33)23-6-4-5-21(17-23)18-31-13-15-32(16-14-31)26(34)22-9-11-24(12-10-22)29-27(35)36-19-20-7-8-20;3-2(4,5)1(6)7/h4-6,9-12,17,20H,7-8,13-16,18-19H2,1-3H3,(H,29,35)(H,30,33);(H,6,7). The van der Waals surface area contributed by atoms with Gasteiger partial charge in [0, 0.05) is 55.1 Å². The van der Waals surface area contributed by atoms with Crippen molar-refractivity contribution in [1.82, 2.24) is 15.1 Å². The van der Waals surface area contributed by atoms with E-state index in [-0.39, 0.29) is 17.4 Å². The van der Waals surface area contributed by atoms with Crippen LogP contribution in [0.2, 0.25) is 0 Å². The number of benzene rings is 2. The first-order chi connectivity index (χ1) is 20.1. The van der Waals surface area contributed by atoms with Crippen molar-refractivity contribution in [3.8, 4) is 0 Å². The Bertz CT molecular complexity index is 1280. The van der Waals surface area contributed by atoms with Crippen LogP contribution < -0.4 is 10.6 Å². The van der Waals surface area contributed by atoms with E-state index in [9.17, 15) is 27.6 Å². The summed E-state index contributed by atoms with van der Waals surface area (Å²) in [6.45, 7) is 9.89. The van der Waals surface area contributed by atoms with Crippen LogP contribution in [0.3, 0.4) is 0 Å². The van der Waals surface area contributed by atoms with Crippen LogP contribution in [0.15, 0.2) is 48.5 Å². The number of nitrogens with one attached hydrogen (secondary N) is 2. The molecule has 3 N–H and O–H groups in total. The van der Waals surface area contributed by atoms with Crippen LogP contribution in [-0.4, -0.2) is 83.3 Å². The van der Waals surface area contributed by atoms with E-state index in [1.807, 2.05) is 49.9 Å². The predicted molar refractivity (Wildman–Crippen MR) is 153 cm³/mol. The number of piperazine rings is 1. The van der Waals surface area contributed by atoms with Crippen molar-refractivity contribution >= 4 is 29.6 Å². The van der Waals surface area contributed by atoms with Gasteiger partial charge in [-0.25, -0.2) is 9.59 Å². The van der Waals surface area contributed by atoms with Gasteiger partial charge in [-0.2, -0.15) is 13.2 Å². The zero-order valence-corrected chi connectivity index (χ0v) is 24.4.